The maximum absolute atomic E-state index is 5.61. The highest BCUT2D eigenvalue weighted by Gasteiger charge is 2.01. The third-order valence-electron chi connectivity index (χ3n) is 2.19. The van der Waals surface area contributed by atoms with Crippen LogP contribution in [-0.2, 0) is 13.2 Å². The van der Waals surface area contributed by atoms with E-state index in [0.717, 1.165) is 16.5 Å². The van der Waals surface area contributed by atoms with Crippen molar-refractivity contribution >= 4 is 23.7 Å². The van der Waals surface area contributed by atoms with Gasteiger partial charge in [-0.15, -0.1) is 23.7 Å². The Labute approximate surface area is 111 Å². The summed E-state index contributed by atoms with van der Waals surface area (Å²) in [6.45, 7) is 3.05. The van der Waals surface area contributed by atoms with E-state index in [1.807, 2.05) is 29.6 Å². The van der Waals surface area contributed by atoms with E-state index in [1.54, 1.807) is 11.3 Å². The molecule has 0 bridgehead atoms. The van der Waals surface area contributed by atoms with Crippen molar-refractivity contribution in [1.82, 2.24) is 4.98 Å². The van der Waals surface area contributed by atoms with Crippen LogP contribution in [0.3, 0.4) is 0 Å². The van der Waals surface area contributed by atoms with Gasteiger partial charge in [-0.25, -0.2) is 4.98 Å². The van der Waals surface area contributed by atoms with E-state index >= 15 is 0 Å². The van der Waals surface area contributed by atoms with E-state index in [0.29, 0.717) is 13.2 Å². The van der Waals surface area contributed by atoms with Crippen LogP contribution in [0, 0.1) is 6.92 Å². The molecule has 0 spiro atoms. The van der Waals surface area contributed by atoms with Gasteiger partial charge in [0.25, 0.3) is 0 Å². The Morgan fingerprint density at radius 2 is 2.00 bits per heavy atom. The summed E-state index contributed by atoms with van der Waals surface area (Å²) in [5.41, 5.74) is 7.64. The Morgan fingerprint density at radius 1 is 1.29 bits per heavy atom. The molecule has 0 radical (unpaired) electrons. The number of benzene rings is 1. The average molecular weight is 271 g/mol. The van der Waals surface area contributed by atoms with Crippen molar-refractivity contribution in [3.05, 3.63) is 45.9 Å². The van der Waals surface area contributed by atoms with Crippen LogP contribution in [0.1, 0.15) is 16.3 Å². The van der Waals surface area contributed by atoms with Crippen molar-refractivity contribution in [2.75, 3.05) is 0 Å². The second-order valence-corrected chi connectivity index (χ2v) is 4.48. The zero-order valence-electron chi connectivity index (χ0n) is 9.55. The number of nitrogens with two attached hydrogens (primary N) is 1. The molecule has 0 aliphatic carbocycles. The van der Waals surface area contributed by atoms with Gasteiger partial charge >= 0.3 is 0 Å². The van der Waals surface area contributed by atoms with E-state index in [4.69, 9.17) is 10.5 Å². The molecule has 0 aliphatic heterocycles. The molecule has 5 heteroatoms. The van der Waals surface area contributed by atoms with Crippen LogP contribution in [-0.4, -0.2) is 4.98 Å². The molecule has 3 nitrogen and oxygen atoms in total. The van der Waals surface area contributed by atoms with Gasteiger partial charge in [-0.05, 0) is 19.1 Å². The maximum atomic E-state index is 5.61. The molecule has 1 heterocycles. The van der Waals surface area contributed by atoms with Crippen molar-refractivity contribution in [1.29, 1.82) is 0 Å². The number of rotatable bonds is 4. The predicted octanol–water partition coefficient (Wildman–Crippen LogP) is 2.91. The van der Waals surface area contributed by atoms with E-state index in [-0.39, 0.29) is 12.4 Å². The molecule has 1 aromatic carbocycles. The zero-order chi connectivity index (χ0) is 11.4. The first kappa shape index (κ1) is 14.0. The van der Waals surface area contributed by atoms with E-state index in [9.17, 15) is 0 Å². The summed E-state index contributed by atoms with van der Waals surface area (Å²) in [6.07, 6.45) is 0. The highest BCUT2D eigenvalue weighted by molar-refractivity contribution is 7.09. The highest BCUT2D eigenvalue weighted by Crippen LogP contribution is 2.15. The molecular weight excluding hydrogens is 256 g/mol. The van der Waals surface area contributed by atoms with Crippen molar-refractivity contribution < 1.29 is 4.74 Å². The second kappa shape index (κ2) is 6.59. The SMILES string of the molecule is Cc1ccc(OCc2nc(CN)cs2)cc1.Cl. The molecular formula is C12H15ClN2OS. The first-order valence-corrected chi connectivity index (χ1v) is 5.98. The molecule has 17 heavy (non-hydrogen) atoms. The normalized spacial score (nSPS) is 9.76. The summed E-state index contributed by atoms with van der Waals surface area (Å²) in [5.74, 6) is 0.870. The summed E-state index contributed by atoms with van der Waals surface area (Å²) < 4.78 is 5.61. The topological polar surface area (TPSA) is 48.1 Å². The van der Waals surface area contributed by atoms with Crippen molar-refractivity contribution in [2.45, 2.75) is 20.1 Å². The van der Waals surface area contributed by atoms with Gasteiger partial charge in [0.1, 0.15) is 17.4 Å². The molecule has 2 aromatic rings. The van der Waals surface area contributed by atoms with Gasteiger partial charge in [-0.3, -0.25) is 0 Å². The van der Waals surface area contributed by atoms with Crippen LogP contribution in [0.2, 0.25) is 0 Å². The lowest BCUT2D eigenvalue weighted by Gasteiger charge is -2.03. The fourth-order valence-electron chi connectivity index (χ4n) is 1.29. The van der Waals surface area contributed by atoms with E-state index in [1.165, 1.54) is 5.56 Å². The number of aromatic nitrogens is 1. The fourth-order valence-corrected chi connectivity index (χ4v) is 2.01. The lowest BCUT2D eigenvalue weighted by atomic mass is 10.2. The van der Waals surface area contributed by atoms with Gasteiger partial charge in [-0.2, -0.15) is 0 Å². The van der Waals surface area contributed by atoms with E-state index < -0.39 is 0 Å². The van der Waals surface area contributed by atoms with E-state index in [2.05, 4.69) is 11.9 Å². The Bertz CT molecular complexity index is 456. The summed E-state index contributed by atoms with van der Waals surface area (Å²) >= 11 is 1.58. The van der Waals surface area contributed by atoms with Crippen molar-refractivity contribution in [3.8, 4) is 5.75 Å². The van der Waals surface area contributed by atoms with Gasteiger partial charge in [0.05, 0.1) is 5.69 Å². The standard InChI is InChI=1S/C12H14N2OS.ClH/c1-9-2-4-11(5-3-9)15-7-12-14-10(6-13)8-16-12;/h2-5,8H,6-7,13H2,1H3;1H. The molecule has 92 valence electrons. The number of aryl methyl sites for hydroxylation is 1. The molecule has 0 amide bonds. The van der Waals surface area contributed by atoms with Crippen LogP contribution in [0.25, 0.3) is 0 Å². The third kappa shape index (κ3) is 4.00. The monoisotopic (exact) mass is 270 g/mol. The molecule has 0 unspecified atom stereocenters. The smallest absolute Gasteiger partial charge is 0.140 e. The number of thiazole rings is 1. The largest absolute Gasteiger partial charge is 0.486 e. The molecule has 0 saturated carbocycles. The maximum Gasteiger partial charge on any atom is 0.140 e. The van der Waals surface area contributed by atoms with Gasteiger partial charge in [0.2, 0.25) is 0 Å². The van der Waals surface area contributed by atoms with Gasteiger partial charge in [0, 0.05) is 11.9 Å². The Morgan fingerprint density at radius 3 is 2.59 bits per heavy atom. The van der Waals surface area contributed by atoms with Crippen LogP contribution >= 0.6 is 23.7 Å². The summed E-state index contributed by atoms with van der Waals surface area (Å²) in [5, 5.41) is 2.93. The molecule has 0 saturated heterocycles. The number of ether oxygens (including phenoxy) is 1. The first-order chi connectivity index (χ1) is 7.78. The second-order valence-electron chi connectivity index (χ2n) is 3.54. The zero-order valence-corrected chi connectivity index (χ0v) is 11.2. The highest BCUT2D eigenvalue weighted by atomic mass is 35.5. The Kier molecular flexibility index (Phi) is 5.41. The first-order valence-electron chi connectivity index (χ1n) is 5.11. The Hall–Kier alpha value is -1.10. The number of hydrogen-bond donors (Lipinski definition) is 1. The number of nitrogens with zero attached hydrogens (tertiary/aromatic N) is 1. The minimum atomic E-state index is 0. The minimum absolute atomic E-state index is 0. The van der Waals surface area contributed by atoms with Crippen molar-refractivity contribution in [2.24, 2.45) is 5.73 Å². The van der Waals surface area contributed by atoms with Crippen LogP contribution in [0.15, 0.2) is 29.6 Å². The lowest BCUT2D eigenvalue weighted by Crippen LogP contribution is -1.98. The summed E-state index contributed by atoms with van der Waals surface area (Å²) in [6, 6.07) is 7.99. The lowest BCUT2D eigenvalue weighted by molar-refractivity contribution is 0.305. The minimum Gasteiger partial charge on any atom is -0.486 e. The van der Waals surface area contributed by atoms with Crippen molar-refractivity contribution in [3.63, 3.8) is 0 Å². The van der Waals surface area contributed by atoms with Crippen LogP contribution in [0.5, 0.6) is 5.75 Å². The molecule has 1 aromatic heterocycles. The third-order valence-corrected chi connectivity index (χ3v) is 3.06. The molecule has 0 aliphatic rings. The average Bonchev–Trinajstić information content (AvgIpc) is 2.76. The van der Waals surface area contributed by atoms with Gasteiger partial charge < -0.3 is 10.5 Å². The van der Waals surface area contributed by atoms with Crippen LogP contribution in [0.4, 0.5) is 0 Å². The number of hydrogen-bond acceptors (Lipinski definition) is 4. The Balaban J connectivity index is 0.00000144. The predicted molar refractivity (Wildman–Crippen MR) is 72.8 cm³/mol. The molecule has 2 N–H and O–H groups in total. The fraction of sp³-hybridized carbons (Fsp3) is 0.250. The molecule has 0 atom stereocenters. The van der Waals surface area contributed by atoms with Gasteiger partial charge in [-0.1, -0.05) is 17.7 Å². The number of halogens is 1. The quantitative estimate of drug-likeness (QED) is 0.929. The summed E-state index contributed by atoms with van der Waals surface area (Å²) in [4.78, 5) is 4.33. The van der Waals surface area contributed by atoms with Crippen LogP contribution < -0.4 is 10.5 Å². The van der Waals surface area contributed by atoms with Gasteiger partial charge in [0.15, 0.2) is 0 Å². The molecule has 2 rings (SSSR count). The molecule has 0 fully saturated rings. The summed E-state index contributed by atoms with van der Waals surface area (Å²) in [7, 11) is 0.